The molecule has 1 N–H and O–H groups in total. The van der Waals surface area contributed by atoms with Crippen LogP contribution in [0.3, 0.4) is 0 Å². The normalized spacial score (nSPS) is 21.0. The predicted octanol–water partition coefficient (Wildman–Crippen LogP) is 3.91. The molecule has 19 heavy (non-hydrogen) atoms. The molecule has 2 unspecified atom stereocenters. The van der Waals surface area contributed by atoms with Crippen LogP contribution >= 0.6 is 0 Å². The van der Waals surface area contributed by atoms with Gasteiger partial charge in [-0.1, -0.05) is 47.0 Å². The van der Waals surface area contributed by atoms with Gasteiger partial charge in [0.1, 0.15) is 0 Å². The van der Waals surface area contributed by atoms with E-state index >= 15 is 0 Å². The summed E-state index contributed by atoms with van der Waals surface area (Å²) in [5, 5.41) is 3.62. The highest BCUT2D eigenvalue weighted by atomic mass is 15.2. The van der Waals surface area contributed by atoms with Gasteiger partial charge in [-0.2, -0.15) is 0 Å². The van der Waals surface area contributed by atoms with Gasteiger partial charge in [-0.3, -0.25) is 4.90 Å². The van der Waals surface area contributed by atoms with Crippen molar-refractivity contribution < 1.29 is 0 Å². The molecule has 1 rings (SSSR count). The average molecular weight is 268 g/mol. The Morgan fingerprint density at radius 1 is 1.00 bits per heavy atom. The van der Waals surface area contributed by atoms with E-state index < -0.39 is 0 Å². The SMILES string of the molecule is CCN(C1CCCCC1)C(C)C(C)CNCC(C)C. The first-order valence-electron chi connectivity index (χ1n) is 8.52. The Morgan fingerprint density at radius 3 is 2.16 bits per heavy atom. The van der Waals surface area contributed by atoms with Crippen molar-refractivity contribution >= 4 is 0 Å². The summed E-state index contributed by atoms with van der Waals surface area (Å²) in [6, 6.07) is 1.55. The summed E-state index contributed by atoms with van der Waals surface area (Å²) in [5.41, 5.74) is 0. The van der Waals surface area contributed by atoms with Crippen molar-refractivity contribution in [1.82, 2.24) is 10.2 Å². The Labute approximate surface area is 121 Å². The van der Waals surface area contributed by atoms with Gasteiger partial charge in [0.05, 0.1) is 0 Å². The first kappa shape index (κ1) is 17.0. The minimum atomic E-state index is 0.702. The molecule has 114 valence electrons. The minimum Gasteiger partial charge on any atom is -0.316 e. The smallest absolute Gasteiger partial charge is 0.0107 e. The summed E-state index contributed by atoms with van der Waals surface area (Å²) >= 11 is 0. The monoisotopic (exact) mass is 268 g/mol. The lowest BCUT2D eigenvalue weighted by atomic mass is 9.91. The van der Waals surface area contributed by atoms with Gasteiger partial charge in [0.2, 0.25) is 0 Å². The zero-order valence-electron chi connectivity index (χ0n) is 13.9. The maximum Gasteiger partial charge on any atom is 0.0107 e. The van der Waals surface area contributed by atoms with Gasteiger partial charge in [-0.25, -0.2) is 0 Å². The Hall–Kier alpha value is -0.0800. The van der Waals surface area contributed by atoms with Crippen LogP contribution in [0.1, 0.15) is 66.7 Å². The summed E-state index contributed by atoms with van der Waals surface area (Å²) in [7, 11) is 0. The van der Waals surface area contributed by atoms with Gasteiger partial charge in [0.15, 0.2) is 0 Å². The Morgan fingerprint density at radius 2 is 1.63 bits per heavy atom. The van der Waals surface area contributed by atoms with Gasteiger partial charge < -0.3 is 5.32 Å². The van der Waals surface area contributed by atoms with Crippen LogP contribution in [0.2, 0.25) is 0 Å². The number of hydrogen-bond donors (Lipinski definition) is 1. The second-order valence-electron chi connectivity index (χ2n) is 6.89. The molecule has 0 aliphatic heterocycles. The van der Waals surface area contributed by atoms with Crippen LogP contribution in [0.25, 0.3) is 0 Å². The summed E-state index contributed by atoms with van der Waals surface area (Å²) in [6.45, 7) is 15.2. The molecule has 2 atom stereocenters. The largest absolute Gasteiger partial charge is 0.316 e. The molecule has 0 amide bonds. The van der Waals surface area contributed by atoms with E-state index in [1.165, 1.54) is 38.6 Å². The van der Waals surface area contributed by atoms with E-state index in [1.807, 2.05) is 0 Å². The van der Waals surface area contributed by atoms with Gasteiger partial charge in [-0.15, -0.1) is 0 Å². The first-order chi connectivity index (χ1) is 9.06. The quantitative estimate of drug-likeness (QED) is 0.718. The average Bonchev–Trinajstić information content (AvgIpc) is 2.40. The zero-order valence-corrected chi connectivity index (χ0v) is 13.9. The van der Waals surface area contributed by atoms with Crippen molar-refractivity contribution in [1.29, 1.82) is 0 Å². The summed E-state index contributed by atoms with van der Waals surface area (Å²) in [5.74, 6) is 1.49. The molecule has 0 aromatic heterocycles. The third-order valence-electron chi connectivity index (χ3n) is 4.77. The third-order valence-corrected chi connectivity index (χ3v) is 4.77. The van der Waals surface area contributed by atoms with Gasteiger partial charge in [-0.05, 0) is 51.2 Å². The number of hydrogen-bond acceptors (Lipinski definition) is 2. The molecule has 1 aliphatic rings. The lowest BCUT2D eigenvalue weighted by Gasteiger charge is -2.40. The van der Waals surface area contributed by atoms with E-state index in [9.17, 15) is 0 Å². The van der Waals surface area contributed by atoms with Crippen molar-refractivity contribution in [3.8, 4) is 0 Å². The summed E-state index contributed by atoms with van der Waals surface area (Å²) < 4.78 is 0. The first-order valence-corrected chi connectivity index (χ1v) is 8.52. The molecule has 1 fully saturated rings. The molecular weight excluding hydrogens is 232 g/mol. The minimum absolute atomic E-state index is 0.702. The Kier molecular flexibility index (Phi) is 8.01. The standard InChI is InChI=1S/C17H36N2/c1-6-19(17-10-8-7-9-11-17)16(5)15(4)13-18-12-14(2)3/h14-18H,6-13H2,1-5H3. The summed E-state index contributed by atoms with van der Waals surface area (Å²) in [4.78, 5) is 2.76. The maximum absolute atomic E-state index is 3.62. The van der Waals surface area contributed by atoms with Gasteiger partial charge >= 0.3 is 0 Å². The van der Waals surface area contributed by atoms with Crippen molar-refractivity contribution in [2.45, 2.75) is 78.8 Å². The molecule has 0 spiro atoms. The fraction of sp³-hybridized carbons (Fsp3) is 1.00. The Bertz CT molecular complexity index is 221. The number of rotatable bonds is 8. The molecule has 0 radical (unpaired) electrons. The van der Waals surface area contributed by atoms with Gasteiger partial charge in [0, 0.05) is 12.1 Å². The molecule has 0 saturated heterocycles. The second-order valence-corrected chi connectivity index (χ2v) is 6.89. The molecule has 0 aromatic rings. The van der Waals surface area contributed by atoms with Crippen LogP contribution in [0, 0.1) is 11.8 Å². The van der Waals surface area contributed by atoms with Crippen LogP contribution in [-0.4, -0.2) is 36.6 Å². The fourth-order valence-electron chi connectivity index (χ4n) is 3.39. The van der Waals surface area contributed by atoms with Crippen LogP contribution in [0.4, 0.5) is 0 Å². The lowest BCUT2D eigenvalue weighted by Crippen LogP contribution is -2.47. The van der Waals surface area contributed by atoms with Crippen LogP contribution in [0.15, 0.2) is 0 Å². The summed E-state index contributed by atoms with van der Waals surface area (Å²) in [6.07, 6.45) is 7.17. The van der Waals surface area contributed by atoms with Crippen LogP contribution < -0.4 is 5.32 Å². The van der Waals surface area contributed by atoms with E-state index in [-0.39, 0.29) is 0 Å². The molecule has 0 heterocycles. The van der Waals surface area contributed by atoms with E-state index in [0.29, 0.717) is 6.04 Å². The van der Waals surface area contributed by atoms with E-state index in [0.717, 1.165) is 31.0 Å². The Balaban J connectivity index is 2.40. The number of nitrogens with zero attached hydrogens (tertiary/aromatic N) is 1. The molecule has 1 saturated carbocycles. The highest BCUT2D eigenvalue weighted by molar-refractivity contribution is 4.82. The topological polar surface area (TPSA) is 15.3 Å². The molecule has 0 aromatic carbocycles. The molecule has 2 heteroatoms. The van der Waals surface area contributed by atoms with Crippen molar-refractivity contribution in [3.05, 3.63) is 0 Å². The molecule has 1 aliphatic carbocycles. The van der Waals surface area contributed by atoms with Crippen molar-refractivity contribution in [2.75, 3.05) is 19.6 Å². The second kappa shape index (κ2) is 8.97. The number of nitrogens with one attached hydrogen (secondary N) is 1. The van der Waals surface area contributed by atoms with Crippen LogP contribution in [-0.2, 0) is 0 Å². The highest BCUT2D eigenvalue weighted by Gasteiger charge is 2.26. The third kappa shape index (κ3) is 5.83. The predicted molar refractivity (Wildman–Crippen MR) is 85.6 cm³/mol. The fourth-order valence-corrected chi connectivity index (χ4v) is 3.39. The van der Waals surface area contributed by atoms with Crippen molar-refractivity contribution in [2.24, 2.45) is 11.8 Å². The molecule has 0 bridgehead atoms. The van der Waals surface area contributed by atoms with E-state index in [2.05, 4.69) is 44.8 Å². The van der Waals surface area contributed by atoms with Crippen LogP contribution in [0.5, 0.6) is 0 Å². The highest BCUT2D eigenvalue weighted by Crippen LogP contribution is 2.25. The van der Waals surface area contributed by atoms with E-state index in [4.69, 9.17) is 0 Å². The van der Waals surface area contributed by atoms with Crippen molar-refractivity contribution in [3.63, 3.8) is 0 Å². The van der Waals surface area contributed by atoms with E-state index in [1.54, 1.807) is 0 Å². The lowest BCUT2D eigenvalue weighted by molar-refractivity contribution is 0.0886. The van der Waals surface area contributed by atoms with Gasteiger partial charge in [0.25, 0.3) is 0 Å². The molecule has 2 nitrogen and oxygen atoms in total. The zero-order chi connectivity index (χ0) is 14.3. The molecular formula is C17H36N2. The maximum atomic E-state index is 3.62.